The van der Waals surface area contributed by atoms with Crippen LogP contribution in [0.15, 0.2) is 12.4 Å². The lowest BCUT2D eigenvalue weighted by atomic mass is 10.0. The molecule has 2 N–H and O–H groups in total. The molecule has 0 aliphatic heterocycles. The number of aromatic nitrogens is 2. The Morgan fingerprint density at radius 2 is 1.24 bits per heavy atom. The number of hydrogen-bond donors (Lipinski definition) is 2. The normalized spacial score (nSPS) is 11.1. The van der Waals surface area contributed by atoms with E-state index >= 15 is 0 Å². The van der Waals surface area contributed by atoms with Crippen LogP contribution in [0.1, 0.15) is 47.5 Å². The molecule has 2 aromatic rings. The van der Waals surface area contributed by atoms with Crippen molar-refractivity contribution in [1.82, 2.24) is 9.97 Å². The van der Waals surface area contributed by atoms with Gasteiger partial charge in [-0.25, -0.2) is 0 Å². The Labute approximate surface area is 103 Å². The van der Waals surface area contributed by atoms with Gasteiger partial charge in [0.05, 0.1) is 0 Å². The maximum Gasteiger partial charge on any atom is 0.0283 e. The van der Waals surface area contributed by atoms with E-state index in [2.05, 4.69) is 50.1 Å². The average Bonchev–Trinajstić information content (AvgIpc) is 2.85. The third-order valence-electron chi connectivity index (χ3n) is 3.83. The van der Waals surface area contributed by atoms with E-state index in [0.717, 1.165) is 19.3 Å². The number of nitrogens with one attached hydrogen (secondary N) is 2. The van der Waals surface area contributed by atoms with E-state index in [-0.39, 0.29) is 0 Å². The molecule has 2 aromatic heterocycles. The Bertz CT molecular complexity index is 457. The predicted molar refractivity (Wildman–Crippen MR) is 72.6 cm³/mol. The highest BCUT2D eigenvalue weighted by Crippen LogP contribution is 2.20. The fraction of sp³-hybridized carbons (Fsp3) is 0.467. The molecule has 2 rings (SSSR count). The smallest absolute Gasteiger partial charge is 0.0283 e. The standard InChI is InChI=1S/C15H22N2/c1-5-12-8-16-14(10(12)3)7-15-11(4)13(6-2)9-17-15/h8-9,16-17H,5-7H2,1-4H3. The second-order valence-corrected chi connectivity index (χ2v) is 4.72. The van der Waals surface area contributed by atoms with Crippen LogP contribution in [0, 0.1) is 13.8 Å². The van der Waals surface area contributed by atoms with Gasteiger partial charge in [-0.05, 0) is 48.9 Å². The zero-order valence-corrected chi connectivity index (χ0v) is 11.3. The Kier molecular flexibility index (Phi) is 3.41. The predicted octanol–water partition coefficient (Wildman–Crippen LogP) is 3.68. The molecule has 0 saturated heterocycles. The second-order valence-electron chi connectivity index (χ2n) is 4.72. The lowest BCUT2D eigenvalue weighted by molar-refractivity contribution is 1.02. The average molecular weight is 230 g/mol. The number of rotatable bonds is 4. The van der Waals surface area contributed by atoms with Crippen LogP contribution in [0.3, 0.4) is 0 Å². The molecule has 0 atom stereocenters. The van der Waals surface area contributed by atoms with Crippen molar-refractivity contribution in [1.29, 1.82) is 0 Å². The molecule has 0 unspecified atom stereocenters. The fourth-order valence-electron chi connectivity index (χ4n) is 2.45. The molecule has 0 saturated carbocycles. The highest BCUT2D eigenvalue weighted by atomic mass is 14.7. The summed E-state index contributed by atoms with van der Waals surface area (Å²) >= 11 is 0. The first-order valence-corrected chi connectivity index (χ1v) is 6.48. The SMILES string of the molecule is CCc1c[nH]c(Cc2[nH]cc(CC)c2C)c1C. The highest BCUT2D eigenvalue weighted by Gasteiger charge is 2.10. The number of aromatic amines is 2. The molecule has 2 heterocycles. The van der Waals surface area contributed by atoms with E-state index in [1.807, 2.05) is 0 Å². The van der Waals surface area contributed by atoms with Gasteiger partial charge >= 0.3 is 0 Å². The monoisotopic (exact) mass is 230 g/mol. The van der Waals surface area contributed by atoms with Crippen molar-refractivity contribution in [3.8, 4) is 0 Å². The number of H-pyrrole nitrogens is 2. The largest absolute Gasteiger partial charge is 0.364 e. The molecule has 0 fully saturated rings. The fourth-order valence-corrected chi connectivity index (χ4v) is 2.45. The van der Waals surface area contributed by atoms with E-state index in [1.165, 1.54) is 33.6 Å². The van der Waals surface area contributed by atoms with Crippen LogP contribution in [0.2, 0.25) is 0 Å². The van der Waals surface area contributed by atoms with Gasteiger partial charge in [0, 0.05) is 30.2 Å². The molecule has 2 nitrogen and oxygen atoms in total. The molecule has 0 bridgehead atoms. The third kappa shape index (κ3) is 2.17. The van der Waals surface area contributed by atoms with Crippen LogP contribution in [-0.2, 0) is 19.3 Å². The summed E-state index contributed by atoms with van der Waals surface area (Å²) in [6.45, 7) is 8.83. The van der Waals surface area contributed by atoms with Gasteiger partial charge < -0.3 is 9.97 Å². The highest BCUT2D eigenvalue weighted by molar-refractivity contribution is 5.36. The summed E-state index contributed by atoms with van der Waals surface area (Å²) in [6, 6.07) is 0. The topological polar surface area (TPSA) is 31.6 Å². The van der Waals surface area contributed by atoms with Crippen molar-refractivity contribution < 1.29 is 0 Å². The second kappa shape index (κ2) is 4.82. The van der Waals surface area contributed by atoms with Gasteiger partial charge in [0.15, 0.2) is 0 Å². The quantitative estimate of drug-likeness (QED) is 0.803. The summed E-state index contributed by atoms with van der Waals surface area (Å²) in [4.78, 5) is 6.82. The van der Waals surface area contributed by atoms with E-state index in [0.29, 0.717) is 0 Å². The first-order valence-electron chi connectivity index (χ1n) is 6.48. The van der Waals surface area contributed by atoms with Crippen LogP contribution < -0.4 is 0 Å². The summed E-state index contributed by atoms with van der Waals surface area (Å²) in [5.74, 6) is 0. The minimum absolute atomic E-state index is 0.984. The first kappa shape index (κ1) is 12.0. The minimum atomic E-state index is 0.984. The molecule has 2 heteroatoms. The van der Waals surface area contributed by atoms with Gasteiger partial charge in [-0.15, -0.1) is 0 Å². The van der Waals surface area contributed by atoms with E-state index in [4.69, 9.17) is 0 Å². The van der Waals surface area contributed by atoms with Crippen LogP contribution in [-0.4, -0.2) is 9.97 Å². The van der Waals surface area contributed by atoms with Crippen molar-refractivity contribution in [2.75, 3.05) is 0 Å². The molecule has 0 aliphatic rings. The summed E-state index contributed by atoms with van der Waals surface area (Å²) < 4.78 is 0. The molecule has 0 radical (unpaired) electrons. The molecule has 0 aromatic carbocycles. The van der Waals surface area contributed by atoms with Crippen LogP contribution >= 0.6 is 0 Å². The molecular weight excluding hydrogens is 208 g/mol. The van der Waals surface area contributed by atoms with E-state index in [9.17, 15) is 0 Å². The third-order valence-corrected chi connectivity index (χ3v) is 3.83. The van der Waals surface area contributed by atoms with Crippen molar-refractivity contribution in [2.45, 2.75) is 47.0 Å². The van der Waals surface area contributed by atoms with Crippen LogP contribution in [0.25, 0.3) is 0 Å². The van der Waals surface area contributed by atoms with Gasteiger partial charge in [0.1, 0.15) is 0 Å². The van der Waals surface area contributed by atoms with Crippen LogP contribution in [0.5, 0.6) is 0 Å². The number of aryl methyl sites for hydroxylation is 2. The molecule has 0 amide bonds. The van der Waals surface area contributed by atoms with Crippen molar-refractivity contribution in [3.63, 3.8) is 0 Å². The maximum atomic E-state index is 3.41. The van der Waals surface area contributed by atoms with Crippen LogP contribution in [0.4, 0.5) is 0 Å². The Morgan fingerprint density at radius 1 is 0.824 bits per heavy atom. The molecule has 0 aliphatic carbocycles. The van der Waals surface area contributed by atoms with Crippen molar-refractivity contribution >= 4 is 0 Å². The zero-order valence-electron chi connectivity index (χ0n) is 11.3. The Morgan fingerprint density at radius 3 is 1.53 bits per heavy atom. The summed E-state index contributed by atoms with van der Waals surface area (Å²) in [5, 5.41) is 0. The summed E-state index contributed by atoms with van der Waals surface area (Å²) in [7, 11) is 0. The lowest BCUT2D eigenvalue weighted by Crippen LogP contribution is -1.94. The summed E-state index contributed by atoms with van der Waals surface area (Å²) in [5.41, 5.74) is 8.38. The Balaban J connectivity index is 2.25. The maximum absolute atomic E-state index is 3.41. The van der Waals surface area contributed by atoms with Gasteiger partial charge in [0.2, 0.25) is 0 Å². The van der Waals surface area contributed by atoms with Gasteiger partial charge in [0.25, 0.3) is 0 Å². The van der Waals surface area contributed by atoms with Gasteiger partial charge in [-0.1, -0.05) is 13.8 Å². The van der Waals surface area contributed by atoms with Gasteiger partial charge in [-0.3, -0.25) is 0 Å². The number of hydrogen-bond acceptors (Lipinski definition) is 0. The van der Waals surface area contributed by atoms with E-state index in [1.54, 1.807) is 0 Å². The Hall–Kier alpha value is -1.44. The van der Waals surface area contributed by atoms with Crippen molar-refractivity contribution in [2.24, 2.45) is 0 Å². The molecule has 92 valence electrons. The molecule has 17 heavy (non-hydrogen) atoms. The zero-order chi connectivity index (χ0) is 12.4. The van der Waals surface area contributed by atoms with Crippen molar-refractivity contribution in [3.05, 3.63) is 46.0 Å². The molecule has 0 spiro atoms. The minimum Gasteiger partial charge on any atom is -0.364 e. The first-order chi connectivity index (χ1) is 8.17. The van der Waals surface area contributed by atoms with E-state index < -0.39 is 0 Å². The summed E-state index contributed by atoms with van der Waals surface area (Å²) in [6.07, 6.45) is 7.48. The van der Waals surface area contributed by atoms with Gasteiger partial charge in [-0.2, -0.15) is 0 Å². The lowest BCUT2D eigenvalue weighted by Gasteiger charge is -2.02. The molecular formula is C15H22N2.